The molecule has 1 aromatic heterocycles. The summed E-state index contributed by atoms with van der Waals surface area (Å²) in [6, 6.07) is 2.53. The van der Waals surface area contributed by atoms with Crippen LogP contribution in [0.1, 0.15) is 10.4 Å². The molecular formula is C9H4ClFO2. The predicted octanol–water partition coefficient (Wildman–Crippen LogP) is 3.04. The van der Waals surface area contributed by atoms with Crippen LogP contribution in [0.25, 0.3) is 11.0 Å². The minimum atomic E-state index is -0.555. The molecule has 4 heteroatoms. The van der Waals surface area contributed by atoms with E-state index < -0.39 is 5.82 Å². The molecule has 2 aromatic rings. The summed E-state index contributed by atoms with van der Waals surface area (Å²) in [6.07, 6.45) is 1.91. The smallest absolute Gasteiger partial charge is 0.153 e. The van der Waals surface area contributed by atoms with Crippen molar-refractivity contribution in [3.63, 3.8) is 0 Å². The van der Waals surface area contributed by atoms with Crippen LogP contribution in [0, 0.1) is 5.82 Å². The summed E-state index contributed by atoms with van der Waals surface area (Å²) in [4.78, 5) is 10.5. The second kappa shape index (κ2) is 2.85. The molecule has 1 heterocycles. The van der Waals surface area contributed by atoms with E-state index in [-0.39, 0.29) is 5.02 Å². The van der Waals surface area contributed by atoms with Gasteiger partial charge in [0.2, 0.25) is 0 Å². The highest BCUT2D eigenvalue weighted by Crippen LogP contribution is 2.26. The lowest BCUT2D eigenvalue weighted by Gasteiger charge is -1.93. The van der Waals surface area contributed by atoms with Crippen LogP contribution in [0.5, 0.6) is 0 Å². The highest BCUT2D eigenvalue weighted by molar-refractivity contribution is 6.31. The van der Waals surface area contributed by atoms with Gasteiger partial charge < -0.3 is 4.42 Å². The zero-order valence-corrected chi connectivity index (χ0v) is 7.14. The van der Waals surface area contributed by atoms with Crippen molar-refractivity contribution in [2.45, 2.75) is 0 Å². The molecule has 66 valence electrons. The molecule has 0 atom stereocenters. The minimum Gasteiger partial charge on any atom is -0.463 e. The van der Waals surface area contributed by atoms with Crippen molar-refractivity contribution in [1.29, 1.82) is 0 Å². The minimum absolute atomic E-state index is 0.0167. The van der Waals surface area contributed by atoms with E-state index >= 15 is 0 Å². The summed E-state index contributed by atoms with van der Waals surface area (Å²) in [5.41, 5.74) is 0.695. The van der Waals surface area contributed by atoms with Crippen molar-refractivity contribution in [2.24, 2.45) is 0 Å². The number of carbonyl (C=O) groups excluding carboxylic acids is 1. The quantitative estimate of drug-likeness (QED) is 0.660. The van der Waals surface area contributed by atoms with E-state index in [1.165, 1.54) is 12.3 Å². The molecule has 0 fully saturated rings. The van der Waals surface area contributed by atoms with Gasteiger partial charge in [-0.25, -0.2) is 4.39 Å². The molecular weight excluding hydrogens is 195 g/mol. The van der Waals surface area contributed by atoms with Gasteiger partial charge in [-0.05, 0) is 6.07 Å². The first-order valence-electron chi connectivity index (χ1n) is 3.54. The molecule has 0 saturated carbocycles. The van der Waals surface area contributed by atoms with Gasteiger partial charge in [0.25, 0.3) is 0 Å². The fraction of sp³-hybridized carbons (Fsp3) is 0. The summed E-state index contributed by atoms with van der Waals surface area (Å²) in [6.45, 7) is 0. The van der Waals surface area contributed by atoms with Gasteiger partial charge in [0.1, 0.15) is 17.7 Å². The fourth-order valence-corrected chi connectivity index (χ4v) is 1.30. The second-order valence-electron chi connectivity index (χ2n) is 2.57. The van der Waals surface area contributed by atoms with Crippen LogP contribution in [-0.4, -0.2) is 6.29 Å². The van der Waals surface area contributed by atoms with Crippen LogP contribution in [0.2, 0.25) is 5.02 Å². The van der Waals surface area contributed by atoms with E-state index in [9.17, 15) is 9.18 Å². The van der Waals surface area contributed by atoms with Gasteiger partial charge in [-0.15, -0.1) is 0 Å². The Labute approximate surface area is 77.9 Å². The lowest BCUT2D eigenvalue weighted by molar-refractivity contribution is 0.112. The Morgan fingerprint density at radius 1 is 1.46 bits per heavy atom. The highest BCUT2D eigenvalue weighted by Gasteiger charge is 2.08. The standard InChI is InChI=1S/C9H4ClFO2/c10-7-1-6-5(3-12)4-13-9(6)2-8(7)11/h1-4H. The lowest BCUT2D eigenvalue weighted by Crippen LogP contribution is -1.78. The maximum atomic E-state index is 12.9. The molecule has 0 spiro atoms. The molecule has 0 N–H and O–H groups in total. The fourth-order valence-electron chi connectivity index (χ4n) is 1.13. The topological polar surface area (TPSA) is 30.2 Å². The van der Waals surface area contributed by atoms with Crippen LogP contribution in [0.4, 0.5) is 4.39 Å². The number of benzene rings is 1. The highest BCUT2D eigenvalue weighted by atomic mass is 35.5. The molecule has 0 aliphatic carbocycles. The van der Waals surface area contributed by atoms with Crippen LogP contribution in [0.15, 0.2) is 22.8 Å². The molecule has 2 nitrogen and oxygen atoms in total. The number of hydrogen-bond donors (Lipinski definition) is 0. The Bertz CT molecular complexity index is 476. The number of furan rings is 1. The Morgan fingerprint density at radius 2 is 2.23 bits per heavy atom. The normalized spacial score (nSPS) is 10.6. The molecule has 0 unspecified atom stereocenters. The third-order valence-corrected chi connectivity index (χ3v) is 2.06. The van der Waals surface area contributed by atoms with Gasteiger partial charge in [0.05, 0.1) is 10.6 Å². The summed E-state index contributed by atoms with van der Waals surface area (Å²) in [7, 11) is 0. The number of carbonyl (C=O) groups is 1. The molecule has 0 aliphatic rings. The molecule has 0 bridgehead atoms. The van der Waals surface area contributed by atoms with Crippen molar-refractivity contribution in [2.75, 3.05) is 0 Å². The molecule has 1 aromatic carbocycles. The first kappa shape index (κ1) is 8.26. The van der Waals surface area contributed by atoms with E-state index in [1.54, 1.807) is 0 Å². The van der Waals surface area contributed by atoms with E-state index in [2.05, 4.69) is 0 Å². The first-order chi connectivity index (χ1) is 6.22. The van der Waals surface area contributed by atoms with E-state index in [0.29, 0.717) is 22.8 Å². The van der Waals surface area contributed by atoms with Crippen molar-refractivity contribution >= 4 is 28.9 Å². The lowest BCUT2D eigenvalue weighted by atomic mass is 10.2. The SMILES string of the molecule is O=Cc1coc2cc(F)c(Cl)cc12. The zero-order chi connectivity index (χ0) is 9.42. The molecule has 0 saturated heterocycles. The molecule has 0 radical (unpaired) electrons. The maximum absolute atomic E-state index is 12.9. The van der Waals surface area contributed by atoms with Crippen LogP contribution in [-0.2, 0) is 0 Å². The first-order valence-corrected chi connectivity index (χ1v) is 3.91. The van der Waals surface area contributed by atoms with Gasteiger partial charge in [-0.1, -0.05) is 11.6 Å². The van der Waals surface area contributed by atoms with Gasteiger partial charge in [0.15, 0.2) is 6.29 Å². The summed E-state index contributed by atoms with van der Waals surface area (Å²) in [5, 5.41) is 0.512. The summed E-state index contributed by atoms with van der Waals surface area (Å²) >= 11 is 5.54. The van der Waals surface area contributed by atoms with Gasteiger partial charge in [-0.2, -0.15) is 0 Å². The average Bonchev–Trinajstić information content (AvgIpc) is 2.48. The zero-order valence-electron chi connectivity index (χ0n) is 6.38. The summed E-state index contributed by atoms with van der Waals surface area (Å²) < 4.78 is 17.8. The maximum Gasteiger partial charge on any atom is 0.153 e. The van der Waals surface area contributed by atoms with Crippen molar-refractivity contribution in [3.05, 3.63) is 34.8 Å². The molecule has 2 rings (SSSR count). The van der Waals surface area contributed by atoms with Crippen LogP contribution >= 0.6 is 11.6 Å². The Morgan fingerprint density at radius 3 is 2.92 bits per heavy atom. The van der Waals surface area contributed by atoms with E-state index in [0.717, 1.165) is 6.07 Å². The molecule has 13 heavy (non-hydrogen) atoms. The van der Waals surface area contributed by atoms with Gasteiger partial charge in [0, 0.05) is 11.5 Å². The van der Waals surface area contributed by atoms with Crippen molar-refractivity contribution in [1.82, 2.24) is 0 Å². The Balaban J connectivity index is 2.84. The number of hydrogen-bond acceptors (Lipinski definition) is 2. The van der Waals surface area contributed by atoms with Crippen LogP contribution < -0.4 is 0 Å². The number of rotatable bonds is 1. The van der Waals surface area contributed by atoms with Crippen LogP contribution in [0.3, 0.4) is 0 Å². The number of halogens is 2. The third-order valence-electron chi connectivity index (χ3n) is 1.77. The second-order valence-corrected chi connectivity index (χ2v) is 2.98. The van der Waals surface area contributed by atoms with Gasteiger partial charge >= 0.3 is 0 Å². The van der Waals surface area contributed by atoms with Gasteiger partial charge in [-0.3, -0.25) is 4.79 Å². The number of aldehydes is 1. The van der Waals surface area contributed by atoms with E-state index in [1.807, 2.05) is 0 Å². The number of fused-ring (bicyclic) bond motifs is 1. The monoisotopic (exact) mass is 198 g/mol. The largest absolute Gasteiger partial charge is 0.463 e. The molecule has 0 aliphatic heterocycles. The summed E-state index contributed by atoms with van der Waals surface area (Å²) in [5.74, 6) is -0.555. The van der Waals surface area contributed by atoms with Crippen molar-refractivity contribution < 1.29 is 13.6 Å². The predicted molar refractivity (Wildman–Crippen MR) is 46.6 cm³/mol. The molecule has 0 amide bonds. The Kier molecular flexibility index (Phi) is 1.81. The van der Waals surface area contributed by atoms with Crippen molar-refractivity contribution in [3.8, 4) is 0 Å². The van der Waals surface area contributed by atoms with E-state index in [4.69, 9.17) is 16.0 Å². The third kappa shape index (κ3) is 1.21. The Hall–Kier alpha value is -1.35. The average molecular weight is 199 g/mol.